The molecule has 0 N–H and O–H groups in total. The third-order valence-electron chi connectivity index (χ3n) is 5.75. The minimum absolute atomic E-state index is 0.0908. The lowest BCUT2D eigenvalue weighted by atomic mass is 9.74. The number of ketones is 1. The van der Waals surface area contributed by atoms with E-state index in [-0.39, 0.29) is 17.8 Å². The third-order valence-corrected chi connectivity index (χ3v) is 6.00. The number of benzene rings is 3. The Morgan fingerprint density at radius 3 is 2.21 bits per heavy atom. The predicted molar refractivity (Wildman–Crippen MR) is 129 cm³/mol. The van der Waals surface area contributed by atoms with Gasteiger partial charge in [-0.2, -0.15) is 0 Å². The smallest absolute Gasteiger partial charge is 0.356 e. The first-order chi connectivity index (χ1) is 16.1. The second kappa shape index (κ2) is 9.07. The van der Waals surface area contributed by atoms with Crippen molar-refractivity contribution in [3.8, 4) is 0 Å². The van der Waals surface area contributed by atoms with Crippen LogP contribution < -0.4 is 0 Å². The molecular formula is C28H25ClO5. The van der Waals surface area contributed by atoms with E-state index in [0.29, 0.717) is 21.7 Å². The van der Waals surface area contributed by atoms with E-state index < -0.39 is 29.1 Å². The summed E-state index contributed by atoms with van der Waals surface area (Å²) in [6, 6.07) is 22.4. The number of fused-ring (bicyclic) bond motifs is 1. The van der Waals surface area contributed by atoms with Crippen LogP contribution in [0, 0.1) is 0 Å². The highest BCUT2D eigenvalue weighted by atomic mass is 35.5. The normalized spacial score (nSPS) is 18.1. The molecule has 0 bridgehead atoms. The number of rotatable bonds is 6. The quantitative estimate of drug-likeness (QED) is 0.317. The number of Topliss-reactive ketones (excluding diaryl/α,β-unsaturated/α-hetero) is 1. The van der Waals surface area contributed by atoms with Gasteiger partial charge in [0.05, 0.1) is 5.56 Å². The highest BCUT2D eigenvalue weighted by Crippen LogP contribution is 2.50. The molecule has 3 aromatic carbocycles. The molecule has 0 saturated carbocycles. The number of hydrogen-bond donors (Lipinski definition) is 0. The second-order valence-electron chi connectivity index (χ2n) is 9.27. The maximum Gasteiger partial charge on any atom is 0.356 e. The molecule has 0 saturated heterocycles. The van der Waals surface area contributed by atoms with Crippen LogP contribution in [-0.4, -0.2) is 23.3 Å². The summed E-state index contributed by atoms with van der Waals surface area (Å²) < 4.78 is 11.7. The Bertz CT molecular complexity index is 1230. The number of carbonyl (C=O) groups excluding carboxylic acids is 3. The number of halogens is 1. The Hall–Kier alpha value is -3.44. The van der Waals surface area contributed by atoms with Crippen LogP contribution in [0.3, 0.4) is 0 Å². The van der Waals surface area contributed by atoms with Gasteiger partial charge in [-0.25, -0.2) is 9.59 Å². The van der Waals surface area contributed by atoms with E-state index in [1.165, 1.54) is 0 Å². The molecule has 3 aromatic rings. The lowest BCUT2D eigenvalue weighted by molar-refractivity contribution is -0.180. The topological polar surface area (TPSA) is 69.7 Å². The van der Waals surface area contributed by atoms with Gasteiger partial charge in [0.25, 0.3) is 0 Å². The molecule has 174 valence electrons. The largest absolute Gasteiger partial charge is 0.457 e. The SMILES string of the molecule is CC(C)(C)OC(=O)[C@]1([C@H](CC(=O)c2ccccc2)c2ccc(Cl)cc2)OC(=O)c2ccccc21. The molecule has 0 amide bonds. The van der Waals surface area contributed by atoms with Crippen molar-refractivity contribution in [1.29, 1.82) is 0 Å². The molecule has 34 heavy (non-hydrogen) atoms. The fourth-order valence-corrected chi connectivity index (χ4v) is 4.39. The van der Waals surface area contributed by atoms with E-state index >= 15 is 0 Å². The zero-order chi connectivity index (χ0) is 24.5. The minimum Gasteiger partial charge on any atom is -0.457 e. The lowest BCUT2D eigenvalue weighted by Gasteiger charge is -2.37. The van der Waals surface area contributed by atoms with E-state index in [1.807, 2.05) is 6.07 Å². The van der Waals surface area contributed by atoms with Crippen LogP contribution in [0.25, 0.3) is 0 Å². The molecule has 2 atom stereocenters. The molecule has 1 aliphatic rings. The van der Waals surface area contributed by atoms with Crippen molar-refractivity contribution in [2.45, 2.75) is 44.3 Å². The van der Waals surface area contributed by atoms with Crippen LogP contribution in [0.5, 0.6) is 0 Å². The summed E-state index contributed by atoms with van der Waals surface area (Å²) in [5.41, 5.74) is -0.890. The van der Waals surface area contributed by atoms with Gasteiger partial charge in [0, 0.05) is 28.5 Å². The molecule has 0 unspecified atom stereocenters. The van der Waals surface area contributed by atoms with Gasteiger partial charge in [0.2, 0.25) is 5.60 Å². The van der Waals surface area contributed by atoms with Crippen LogP contribution in [0.1, 0.15) is 65.0 Å². The van der Waals surface area contributed by atoms with Gasteiger partial charge in [0.15, 0.2) is 5.78 Å². The molecule has 0 spiro atoms. The number of ether oxygens (including phenoxy) is 2. The fraction of sp³-hybridized carbons (Fsp3) is 0.250. The molecule has 0 fully saturated rings. The lowest BCUT2D eigenvalue weighted by Crippen LogP contribution is -2.46. The summed E-state index contributed by atoms with van der Waals surface area (Å²) >= 11 is 6.12. The van der Waals surface area contributed by atoms with Gasteiger partial charge < -0.3 is 9.47 Å². The maximum atomic E-state index is 13.9. The van der Waals surface area contributed by atoms with Crippen molar-refractivity contribution < 1.29 is 23.9 Å². The summed E-state index contributed by atoms with van der Waals surface area (Å²) in [5, 5.41) is 0.507. The third kappa shape index (κ3) is 4.48. The average molecular weight is 477 g/mol. The van der Waals surface area contributed by atoms with Crippen molar-refractivity contribution >= 4 is 29.3 Å². The van der Waals surface area contributed by atoms with E-state index in [1.54, 1.807) is 93.6 Å². The van der Waals surface area contributed by atoms with Crippen molar-refractivity contribution in [2.75, 3.05) is 0 Å². The highest BCUT2D eigenvalue weighted by Gasteiger charge is 2.59. The van der Waals surface area contributed by atoms with Gasteiger partial charge in [-0.05, 0) is 44.5 Å². The molecule has 6 heteroatoms. The first-order valence-electron chi connectivity index (χ1n) is 11.0. The minimum atomic E-state index is -1.83. The monoisotopic (exact) mass is 476 g/mol. The van der Waals surface area contributed by atoms with Gasteiger partial charge in [-0.1, -0.05) is 72.3 Å². The molecule has 0 radical (unpaired) electrons. The van der Waals surface area contributed by atoms with Crippen molar-refractivity contribution in [3.63, 3.8) is 0 Å². The number of cyclic esters (lactones) is 1. The zero-order valence-electron chi connectivity index (χ0n) is 19.2. The first-order valence-corrected chi connectivity index (χ1v) is 11.4. The fourth-order valence-electron chi connectivity index (χ4n) is 4.27. The molecule has 4 rings (SSSR count). The summed E-state index contributed by atoms with van der Waals surface area (Å²) in [6.45, 7) is 5.23. The van der Waals surface area contributed by atoms with E-state index in [2.05, 4.69) is 0 Å². The van der Waals surface area contributed by atoms with Gasteiger partial charge in [0.1, 0.15) is 5.60 Å². The summed E-state index contributed by atoms with van der Waals surface area (Å²) in [7, 11) is 0. The Kier molecular flexibility index (Phi) is 6.32. The zero-order valence-corrected chi connectivity index (χ0v) is 20.0. The summed E-state index contributed by atoms with van der Waals surface area (Å²) in [4.78, 5) is 40.2. The predicted octanol–water partition coefficient (Wildman–Crippen LogP) is 6.10. The second-order valence-corrected chi connectivity index (χ2v) is 9.71. The molecule has 1 aliphatic heterocycles. The first kappa shape index (κ1) is 23.7. The Labute approximate surface area is 203 Å². The number of hydrogen-bond acceptors (Lipinski definition) is 5. The molecule has 0 aliphatic carbocycles. The van der Waals surface area contributed by atoms with Gasteiger partial charge in [-0.3, -0.25) is 4.79 Å². The molecule has 1 heterocycles. The Balaban J connectivity index is 1.92. The number of carbonyl (C=O) groups is 3. The van der Waals surface area contributed by atoms with Gasteiger partial charge >= 0.3 is 11.9 Å². The average Bonchev–Trinajstić information content (AvgIpc) is 3.11. The van der Waals surface area contributed by atoms with Crippen molar-refractivity contribution in [3.05, 3.63) is 106 Å². The van der Waals surface area contributed by atoms with Crippen LogP contribution in [-0.2, 0) is 19.9 Å². The molecule has 5 nitrogen and oxygen atoms in total. The molecular weight excluding hydrogens is 452 g/mol. The van der Waals surface area contributed by atoms with Crippen LogP contribution in [0.4, 0.5) is 0 Å². The van der Waals surface area contributed by atoms with E-state index in [9.17, 15) is 14.4 Å². The Morgan fingerprint density at radius 1 is 0.941 bits per heavy atom. The van der Waals surface area contributed by atoms with E-state index in [4.69, 9.17) is 21.1 Å². The summed E-state index contributed by atoms with van der Waals surface area (Å²) in [5.74, 6) is -2.39. The standard InChI is InChI=1S/C28H25ClO5/c1-27(2,3)34-26(32)28(22-12-8-7-11-21(22)25(31)33-28)23(18-13-15-20(29)16-14-18)17-24(30)19-9-5-4-6-10-19/h4-16,23H,17H2,1-3H3/t23-,28+/m1/s1. The number of esters is 2. The Morgan fingerprint density at radius 2 is 1.56 bits per heavy atom. The van der Waals surface area contributed by atoms with Crippen molar-refractivity contribution in [1.82, 2.24) is 0 Å². The van der Waals surface area contributed by atoms with Crippen LogP contribution in [0.15, 0.2) is 78.9 Å². The molecule has 0 aromatic heterocycles. The summed E-state index contributed by atoms with van der Waals surface area (Å²) in [6.07, 6.45) is -0.0908. The van der Waals surface area contributed by atoms with Crippen LogP contribution >= 0.6 is 11.6 Å². The van der Waals surface area contributed by atoms with Gasteiger partial charge in [-0.15, -0.1) is 0 Å². The van der Waals surface area contributed by atoms with Crippen molar-refractivity contribution in [2.24, 2.45) is 0 Å². The van der Waals surface area contributed by atoms with E-state index in [0.717, 1.165) is 0 Å². The highest BCUT2D eigenvalue weighted by molar-refractivity contribution is 6.30. The maximum absolute atomic E-state index is 13.9. The van der Waals surface area contributed by atoms with Crippen LogP contribution in [0.2, 0.25) is 5.02 Å².